The lowest BCUT2D eigenvalue weighted by atomic mass is 10.1. The number of hydrogen-bond acceptors (Lipinski definition) is 3. The van der Waals surface area contributed by atoms with Crippen molar-refractivity contribution in [1.29, 1.82) is 0 Å². The molecule has 0 radical (unpaired) electrons. The van der Waals surface area contributed by atoms with Crippen molar-refractivity contribution in [3.63, 3.8) is 0 Å². The molecule has 6 nitrogen and oxygen atoms in total. The maximum atomic E-state index is 12.9. The Hall–Kier alpha value is -3.15. The van der Waals surface area contributed by atoms with Crippen LogP contribution in [0.3, 0.4) is 0 Å². The lowest BCUT2D eigenvalue weighted by molar-refractivity contribution is 0.0792. The fourth-order valence-electron chi connectivity index (χ4n) is 3.88. The molecule has 0 unspecified atom stereocenters. The van der Waals surface area contributed by atoms with E-state index < -0.39 is 0 Å². The largest absolute Gasteiger partial charge is 0.339 e. The van der Waals surface area contributed by atoms with Crippen LogP contribution in [0.2, 0.25) is 0 Å². The van der Waals surface area contributed by atoms with Gasteiger partial charge in [0, 0.05) is 36.5 Å². The minimum Gasteiger partial charge on any atom is -0.339 e. The molecule has 2 fully saturated rings. The molecule has 2 aromatic heterocycles. The molecular weight excluding hydrogens is 352 g/mol. The zero-order chi connectivity index (χ0) is 19.1. The van der Waals surface area contributed by atoms with Crippen LogP contribution < -0.4 is 5.32 Å². The van der Waals surface area contributed by atoms with Gasteiger partial charge in [0.25, 0.3) is 11.8 Å². The average molecular weight is 374 g/mol. The molecule has 1 aromatic carbocycles. The van der Waals surface area contributed by atoms with Crippen molar-refractivity contribution in [2.24, 2.45) is 0 Å². The van der Waals surface area contributed by atoms with E-state index in [1.165, 1.54) is 0 Å². The van der Waals surface area contributed by atoms with Gasteiger partial charge < -0.3 is 14.6 Å². The van der Waals surface area contributed by atoms with Crippen LogP contribution in [0.1, 0.15) is 58.3 Å². The highest BCUT2D eigenvalue weighted by Crippen LogP contribution is 2.40. The molecule has 1 aliphatic heterocycles. The molecule has 0 bridgehead atoms. The highest BCUT2D eigenvalue weighted by Gasteiger charge is 2.30. The minimum atomic E-state index is -0.249. The molecule has 1 N–H and O–H groups in total. The third-order valence-corrected chi connectivity index (χ3v) is 5.49. The maximum absolute atomic E-state index is 12.9. The SMILES string of the molecule is O=C(Nc1cccc(C(=O)N2CCCC2)c1)c1nc(C2CC2)n2ccccc12. The summed E-state index contributed by atoms with van der Waals surface area (Å²) >= 11 is 0. The smallest absolute Gasteiger partial charge is 0.276 e. The van der Waals surface area contributed by atoms with Gasteiger partial charge in [-0.3, -0.25) is 9.59 Å². The maximum Gasteiger partial charge on any atom is 0.276 e. The number of carbonyl (C=O) groups excluding carboxylic acids is 2. The van der Waals surface area contributed by atoms with Gasteiger partial charge in [-0.1, -0.05) is 12.1 Å². The number of benzene rings is 1. The number of rotatable bonds is 4. The van der Waals surface area contributed by atoms with E-state index in [0.29, 0.717) is 22.9 Å². The van der Waals surface area contributed by atoms with E-state index in [1.807, 2.05) is 33.7 Å². The summed E-state index contributed by atoms with van der Waals surface area (Å²) in [4.78, 5) is 32.1. The number of aromatic nitrogens is 2. The molecule has 1 aliphatic carbocycles. The topological polar surface area (TPSA) is 66.7 Å². The molecule has 3 aromatic rings. The van der Waals surface area contributed by atoms with Crippen molar-refractivity contribution in [3.8, 4) is 0 Å². The van der Waals surface area contributed by atoms with Gasteiger partial charge in [0.15, 0.2) is 5.69 Å². The minimum absolute atomic E-state index is 0.0251. The third kappa shape index (κ3) is 3.05. The highest BCUT2D eigenvalue weighted by atomic mass is 16.2. The lowest BCUT2D eigenvalue weighted by Crippen LogP contribution is -2.27. The predicted molar refractivity (Wildman–Crippen MR) is 107 cm³/mol. The summed E-state index contributed by atoms with van der Waals surface area (Å²) in [6.45, 7) is 1.61. The van der Waals surface area contributed by atoms with Crippen molar-refractivity contribution in [2.45, 2.75) is 31.6 Å². The molecule has 2 amide bonds. The van der Waals surface area contributed by atoms with E-state index in [1.54, 1.807) is 24.3 Å². The van der Waals surface area contributed by atoms with Crippen LogP contribution in [0.25, 0.3) is 5.52 Å². The van der Waals surface area contributed by atoms with Crippen LogP contribution in [0.15, 0.2) is 48.7 Å². The summed E-state index contributed by atoms with van der Waals surface area (Å²) < 4.78 is 2.01. The number of hydrogen-bond donors (Lipinski definition) is 1. The van der Waals surface area contributed by atoms with Gasteiger partial charge in [-0.25, -0.2) is 4.98 Å². The van der Waals surface area contributed by atoms with Crippen LogP contribution in [0.4, 0.5) is 5.69 Å². The second-order valence-corrected chi connectivity index (χ2v) is 7.58. The Labute approximate surface area is 163 Å². The molecule has 142 valence electrons. The molecule has 1 saturated heterocycles. The Morgan fingerprint density at radius 2 is 1.86 bits per heavy atom. The molecule has 1 saturated carbocycles. The average Bonchev–Trinajstić information content (AvgIpc) is 3.27. The first kappa shape index (κ1) is 17.0. The van der Waals surface area contributed by atoms with Crippen LogP contribution in [0.5, 0.6) is 0 Å². The molecule has 5 rings (SSSR count). The number of likely N-dealkylation sites (tertiary alicyclic amines) is 1. The summed E-state index contributed by atoms with van der Waals surface area (Å²) in [6, 6.07) is 12.9. The van der Waals surface area contributed by atoms with Crippen molar-refractivity contribution in [2.75, 3.05) is 18.4 Å². The number of imidazole rings is 1. The van der Waals surface area contributed by atoms with Crippen molar-refractivity contribution >= 4 is 23.0 Å². The van der Waals surface area contributed by atoms with E-state index in [9.17, 15) is 9.59 Å². The monoisotopic (exact) mass is 374 g/mol. The van der Waals surface area contributed by atoms with Crippen LogP contribution in [-0.2, 0) is 0 Å². The zero-order valence-corrected chi connectivity index (χ0v) is 15.6. The molecule has 6 heteroatoms. The second kappa shape index (κ2) is 6.78. The normalized spacial score (nSPS) is 16.5. The van der Waals surface area contributed by atoms with E-state index in [-0.39, 0.29) is 11.8 Å². The lowest BCUT2D eigenvalue weighted by Gasteiger charge is -2.15. The van der Waals surface area contributed by atoms with Gasteiger partial charge in [-0.15, -0.1) is 0 Å². The van der Waals surface area contributed by atoms with Gasteiger partial charge in [-0.05, 0) is 56.0 Å². The molecular formula is C22H22N4O2. The van der Waals surface area contributed by atoms with Crippen molar-refractivity contribution in [3.05, 3.63) is 65.7 Å². The predicted octanol–water partition coefficient (Wildman–Crippen LogP) is 3.70. The molecule has 0 atom stereocenters. The number of carbonyl (C=O) groups is 2. The first-order chi connectivity index (χ1) is 13.7. The molecule has 0 spiro atoms. The van der Waals surface area contributed by atoms with Crippen LogP contribution >= 0.6 is 0 Å². The number of anilines is 1. The number of pyridine rings is 1. The van der Waals surface area contributed by atoms with Gasteiger partial charge in [0.05, 0.1) is 5.52 Å². The summed E-state index contributed by atoms with van der Waals surface area (Å²) in [7, 11) is 0. The van der Waals surface area contributed by atoms with E-state index in [4.69, 9.17) is 0 Å². The van der Waals surface area contributed by atoms with Gasteiger partial charge in [0.1, 0.15) is 5.82 Å². The summed E-state index contributed by atoms with van der Waals surface area (Å²) in [5, 5.41) is 2.92. The molecule has 28 heavy (non-hydrogen) atoms. The van der Waals surface area contributed by atoms with Crippen molar-refractivity contribution < 1.29 is 9.59 Å². The molecule has 3 heterocycles. The quantitative estimate of drug-likeness (QED) is 0.757. The van der Waals surface area contributed by atoms with E-state index >= 15 is 0 Å². The van der Waals surface area contributed by atoms with Crippen LogP contribution in [-0.4, -0.2) is 39.2 Å². The fourth-order valence-corrected chi connectivity index (χ4v) is 3.88. The third-order valence-electron chi connectivity index (χ3n) is 5.49. The Morgan fingerprint density at radius 3 is 2.64 bits per heavy atom. The zero-order valence-electron chi connectivity index (χ0n) is 15.6. The standard InChI is InChI=1S/C22H22N4O2/c27-21(19-18-8-1-2-13-26(18)20(24-19)15-9-10-15)23-17-7-5-6-16(14-17)22(28)25-11-3-4-12-25/h1-2,5-8,13-15H,3-4,9-12H2,(H,23,27). The summed E-state index contributed by atoms with van der Waals surface area (Å²) in [6.07, 6.45) is 6.31. The first-order valence-corrected chi connectivity index (χ1v) is 9.88. The Balaban J connectivity index is 1.41. The Morgan fingerprint density at radius 1 is 1.04 bits per heavy atom. The summed E-state index contributed by atoms with van der Waals surface area (Å²) in [5.41, 5.74) is 2.46. The number of fused-ring (bicyclic) bond motifs is 1. The Kier molecular flexibility index (Phi) is 4.11. The Bertz CT molecular complexity index is 1060. The fraction of sp³-hybridized carbons (Fsp3) is 0.318. The number of nitrogens with zero attached hydrogens (tertiary/aromatic N) is 3. The number of amides is 2. The van der Waals surface area contributed by atoms with E-state index in [2.05, 4.69) is 10.3 Å². The second-order valence-electron chi connectivity index (χ2n) is 7.58. The van der Waals surface area contributed by atoms with Crippen molar-refractivity contribution in [1.82, 2.24) is 14.3 Å². The highest BCUT2D eigenvalue weighted by molar-refractivity contribution is 6.08. The summed E-state index contributed by atoms with van der Waals surface area (Å²) in [5.74, 6) is 1.18. The number of nitrogens with one attached hydrogen (secondary N) is 1. The molecule has 2 aliphatic rings. The van der Waals surface area contributed by atoms with Gasteiger partial charge in [0.2, 0.25) is 0 Å². The van der Waals surface area contributed by atoms with E-state index in [0.717, 1.165) is 50.1 Å². The first-order valence-electron chi connectivity index (χ1n) is 9.88. The van der Waals surface area contributed by atoms with Gasteiger partial charge in [-0.2, -0.15) is 0 Å². The van der Waals surface area contributed by atoms with Gasteiger partial charge >= 0.3 is 0 Å². The van der Waals surface area contributed by atoms with Crippen LogP contribution in [0, 0.1) is 0 Å².